The number of hydrogen-bond donors (Lipinski definition) is 2. The molecule has 100 valence electrons. The highest BCUT2D eigenvalue weighted by Gasteiger charge is 2.26. The van der Waals surface area contributed by atoms with Crippen molar-refractivity contribution in [3.63, 3.8) is 0 Å². The van der Waals surface area contributed by atoms with E-state index in [-0.39, 0.29) is 30.3 Å². The maximum Gasteiger partial charge on any atom is 0.226 e. The van der Waals surface area contributed by atoms with Gasteiger partial charge in [0.1, 0.15) is 0 Å². The van der Waals surface area contributed by atoms with E-state index in [0.29, 0.717) is 10.0 Å². The fourth-order valence-corrected chi connectivity index (χ4v) is 2.31. The van der Waals surface area contributed by atoms with Gasteiger partial charge in [-0.2, -0.15) is 0 Å². The maximum absolute atomic E-state index is 11.8. The summed E-state index contributed by atoms with van der Waals surface area (Å²) in [6, 6.07) is 5.20. The molecule has 18 heavy (non-hydrogen) atoms. The van der Waals surface area contributed by atoms with Crippen molar-refractivity contribution in [2.75, 3.05) is 13.1 Å². The summed E-state index contributed by atoms with van der Waals surface area (Å²) >= 11 is 11.9. The van der Waals surface area contributed by atoms with Gasteiger partial charge in [0.25, 0.3) is 0 Å². The molecule has 1 fully saturated rings. The Hall–Kier alpha value is -0.480. The van der Waals surface area contributed by atoms with Gasteiger partial charge in [-0.05, 0) is 24.6 Å². The summed E-state index contributed by atoms with van der Waals surface area (Å²) in [6.07, 6.45) is 0. The van der Waals surface area contributed by atoms with Crippen molar-refractivity contribution in [1.29, 1.82) is 0 Å². The molecule has 0 aliphatic carbocycles. The number of nitrogens with one attached hydrogen (secondary N) is 2. The Morgan fingerprint density at radius 1 is 1.44 bits per heavy atom. The Morgan fingerprint density at radius 2 is 2.11 bits per heavy atom. The van der Waals surface area contributed by atoms with Crippen molar-refractivity contribution < 1.29 is 4.79 Å². The van der Waals surface area contributed by atoms with Crippen molar-refractivity contribution in [1.82, 2.24) is 10.6 Å². The molecule has 0 radical (unpaired) electrons. The standard InChI is InChI=1S/C12H14Cl2N2O.ClH/c1-7(16-12(17)8-5-15-6-8)10-3-2-9(13)4-11(10)14;/h2-4,7-8,15H,5-6H2,1H3,(H,16,17);1H. The summed E-state index contributed by atoms with van der Waals surface area (Å²) < 4.78 is 0. The molecule has 1 aliphatic rings. The van der Waals surface area contributed by atoms with Crippen LogP contribution < -0.4 is 10.6 Å². The lowest BCUT2D eigenvalue weighted by Crippen LogP contribution is -2.51. The van der Waals surface area contributed by atoms with Crippen LogP contribution in [0.15, 0.2) is 18.2 Å². The molecule has 1 heterocycles. The minimum absolute atomic E-state index is 0. The van der Waals surface area contributed by atoms with Crippen LogP contribution in [0.5, 0.6) is 0 Å². The number of carbonyl (C=O) groups is 1. The van der Waals surface area contributed by atoms with E-state index in [1.807, 2.05) is 13.0 Å². The first-order chi connectivity index (χ1) is 8.08. The summed E-state index contributed by atoms with van der Waals surface area (Å²) in [6.45, 7) is 3.43. The first-order valence-electron chi connectivity index (χ1n) is 5.54. The second kappa shape index (κ2) is 6.62. The van der Waals surface area contributed by atoms with Crippen LogP contribution in [-0.2, 0) is 4.79 Å². The fourth-order valence-electron chi connectivity index (χ4n) is 1.74. The van der Waals surface area contributed by atoms with E-state index in [1.54, 1.807) is 12.1 Å². The van der Waals surface area contributed by atoms with Gasteiger partial charge < -0.3 is 10.6 Å². The molecule has 1 amide bonds. The molecule has 1 unspecified atom stereocenters. The summed E-state index contributed by atoms with van der Waals surface area (Å²) in [5.41, 5.74) is 0.886. The third-order valence-corrected chi connectivity index (χ3v) is 3.50. The van der Waals surface area contributed by atoms with Crippen LogP contribution >= 0.6 is 35.6 Å². The van der Waals surface area contributed by atoms with Crippen molar-refractivity contribution in [3.8, 4) is 0 Å². The van der Waals surface area contributed by atoms with Gasteiger partial charge in [-0.15, -0.1) is 12.4 Å². The fraction of sp³-hybridized carbons (Fsp3) is 0.417. The Morgan fingerprint density at radius 3 is 2.61 bits per heavy atom. The lowest BCUT2D eigenvalue weighted by Gasteiger charge is -2.27. The topological polar surface area (TPSA) is 41.1 Å². The Kier molecular flexibility index (Phi) is 5.73. The number of carbonyl (C=O) groups excluding carboxylic acids is 1. The molecule has 1 saturated heterocycles. The molecular weight excluding hydrogens is 295 g/mol. The van der Waals surface area contributed by atoms with E-state index in [4.69, 9.17) is 23.2 Å². The first-order valence-corrected chi connectivity index (χ1v) is 6.29. The van der Waals surface area contributed by atoms with Crippen LogP contribution in [0.2, 0.25) is 10.0 Å². The smallest absolute Gasteiger partial charge is 0.226 e. The van der Waals surface area contributed by atoms with Crippen LogP contribution in [0.3, 0.4) is 0 Å². The third-order valence-electron chi connectivity index (χ3n) is 2.94. The van der Waals surface area contributed by atoms with Crippen LogP contribution in [0, 0.1) is 5.92 Å². The van der Waals surface area contributed by atoms with Crippen LogP contribution in [0.1, 0.15) is 18.5 Å². The zero-order valence-corrected chi connectivity index (χ0v) is 12.2. The summed E-state index contributed by atoms with van der Waals surface area (Å²) in [7, 11) is 0. The van der Waals surface area contributed by atoms with Crippen molar-refractivity contribution >= 4 is 41.5 Å². The van der Waals surface area contributed by atoms with Gasteiger partial charge in [0, 0.05) is 23.1 Å². The molecule has 2 N–H and O–H groups in total. The van der Waals surface area contributed by atoms with E-state index >= 15 is 0 Å². The first kappa shape index (κ1) is 15.6. The summed E-state index contributed by atoms with van der Waals surface area (Å²) in [5.74, 6) is 0.158. The molecule has 0 saturated carbocycles. The molecule has 1 atom stereocenters. The summed E-state index contributed by atoms with van der Waals surface area (Å²) in [4.78, 5) is 11.8. The van der Waals surface area contributed by atoms with E-state index in [2.05, 4.69) is 10.6 Å². The number of halogens is 3. The second-order valence-corrected chi connectivity index (χ2v) is 5.09. The monoisotopic (exact) mass is 308 g/mol. The summed E-state index contributed by atoms with van der Waals surface area (Å²) in [5, 5.41) is 7.20. The zero-order valence-electron chi connectivity index (χ0n) is 9.87. The van der Waals surface area contributed by atoms with Gasteiger partial charge in [0.2, 0.25) is 5.91 Å². The highest BCUT2D eigenvalue weighted by atomic mass is 35.5. The van der Waals surface area contributed by atoms with E-state index in [9.17, 15) is 4.79 Å². The van der Waals surface area contributed by atoms with Gasteiger partial charge in [-0.3, -0.25) is 4.79 Å². The lowest BCUT2D eigenvalue weighted by atomic mass is 10.0. The Bertz CT molecular complexity index is 435. The highest BCUT2D eigenvalue weighted by molar-refractivity contribution is 6.35. The molecular formula is C12H15Cl3N2O. The molecule has 0 bridgehead atoms. The molecule has 2 rings (SSSR count). The van der Waals surface area contributed by atoms with Crippen molar-refractivity contribution in [3.05, 3.63) is 33.8 Å². The van der Waals surface area contributed by atoms with E-state index in [0.717, 1.165) is 18.7 Å². The van der Waals surface area contributed by atoms with Gasteiger partial charge in [-0.1, -0.05) is 29.3 Å². The largest absolute Gasteiger partial charge is 0.349 e. The molecule has 3 nitrogen and oxygen atoms in total. The third kappa shape index (κ3) is 3.51. The predicted octanol–water partition coefficient (Wildman–Crippen LogP) is 2.81. The Balaban J connectivity index is 0.00000162. The molecule has 1 aromatic carbocycles. The number of rotatable bonds is 3. The van der Waals surface area contributed by atoms with Crippen LogP contribution in [0.25, 0.3) is 0 Å². The molecule has 0 aromatic heterocycles. The number of amides is 1. The van der Waals surface area contributed by atoms with Gasteiger partial charge in [-0.25, -0.2) is 0 Å². The van der Waals surface area contributed by atoms with E-state index in [1.165, 1.54) is 0 Å². The second-order valence-electron chi connectivity index (χ2n) is 4.25. The lowest BCUT2D eigenvalue weighted by molar-refractivity contribution is -0.127. The molecule has 0 spiro atoms. The SMILES string of the molecule is CC(NC(=O)C1CNC1)c1ccc(Cl)cc1Cl.Cl. The normalized spacial score (nSPS) is 16.4. The average molecular weight is 310 g/mol. The van der Waals surface area contributed by atoms with Gasteiger partial charge in [0.15, 0.2) is 0 Å². The maximum atomic E-state index is 11.8. The van der Waals surface area contributed by atoms with Crippen molar-refractivity contribution in [2.45, 2.75) is 13.0 Å². The average Bonchev–Trinajstić information content (AvgIpc) is 2.13. The Labute approximate surface area is 123 Å². The van der Waals surface area contributed by atoms with E-state index < -0.39 is 0 Å². The predicted molar refractivity (Wildman–Crippen MR) is 76.6 cm³/mol. The van der Waals surface area contributed by atoms with Crippen LogP contribution in [-0.4, -0.2) is 19.0 Å². The number of hydrogen-bond acceptors (Lipinski definition) is 2. The van der Waals surface area contributed by atoms with Crippen LogP contribution in [0.4, 0.5) is 0 Å². The van der Waals surface area contributed by atoms with Crippen molar-refractivity contribution in [2.24, 2.45) is 5.92 Å². The van der Waals surface area contributed by atoms with Gasteiger partial charge >= 0.3 is 0 Å². The van der Waals surface area contributed by atoms with Gasteiger partial charge in [0.05, 0.1) is 12.0 Å². The minimum atomic E-state index is -0.104. The highest BCUT2D eigenvalue weighted by Crippen LogP contribution is 2.26. The molecule has 1 aromatic rings. The quantitative estimate of drug-likeness (QED) is 0.901. The number of benzene rings is 1. The minimum Gasteiger partial charge on any atom is -0.349 e. The molecule has 6 heteroatoms. The molecule has 1 aliphatic heterocycles. The zero-order chi connectivity index (χ0) is 12.4.